The van der Waals surface area contributed by atoms with Crippen LogP contribution in [-0.2, 0) is 11.2 Å². The van der Waals surface area contributed by atoms with Crippen LogP contribution >= 0.6 is 0 Å². The largest absolute Gasteiger partial charge is 0.357 e. The van der Waals surface area contributed by atoms with Gasteiger partial charge in [-0.15, -0.1) is 0 Å². The Morgan fingerprint density at radius 3 is 2.48 bits per heavy atom. The maximum Gasteiger partial charge on any atom is 0.269 e. The average molecular weight is 431 g/mol. The maximum absolute atomic E-state index is 12.0. The van der Waals surface area contributed by atoms with Gasteiger partial charge in [0.15, 0.2) is 5.96 Å². The van der Waals surface area contributed by atoms with Gasteiger partial charge in [0.2, 0.25) is 5.91 Å². The highest BCUT2D eigenvalue weighted by molar-refractivity contribution is 5.80. The van der Waals surface area contributed by atoms with Gasteiger partial charge in [0.25, 0.3) is 5.69 Å². The summed E-state index contributed by atoms with van der Waals surface area (Å²) in [6, 6.07) is 7.20. The topological polar surface area (TPSA) is 103 Å². The summed E-state index contributed by atoms with van der Waals surface area (Å²) in [6.45, 7) is 7.59. The molecule has 1 aliphatic heterocycles. The fourth-order valence-corrected chi connectivity index (χ4v) is 3.66. The minimum Gasteiger partial charge on any atom is -0.357 e. The smallest absolute Gasteiger partial charge is 0.269 e. The Hall–Kier alpha value is -2.68. The zero-order valence-electron chi connectivity index (χ0n) is 18.4. The van der Waals surface area contributed by atoms with Crippen molar-refractivity contribution in [1.82, 2.24) is 20.4 Å². The van der Waals surface area contributed by atoms with E-state index < -0.39 is 0 Å². The number of nitro groups is 1. The minimum absolute atomic E-state index is 0.132. The van der Waals surface area contributed by atoms with Gasteiger partial charge < -0.3 is 15.5 Å². The number of carbonyl (C=O) groups is 1. The summed E-state index contributed by atoms with van der Waals surface area (Å²) in [5.74, 6) is 1.09. The summed E-state index contributed by atoms with van der Waals surface area (Å²) in [6.07, 6.45) is 5.09. The molecule has 0 unspecified atom stereocenters. The lowest BCUT2D eigenvalue weighted by molar-refractivity contribution is -0.384. The third kappa shape index (κ3) is 7.82. The van der Waals surface area contributed by atoms with E-state index in [1.807, 2.05) is 12.1 Å². The highest BCUT2D eigenvalue weighted by atomic mass is 16.6. The molecule has 0 aromatic heterocycles. The van der Waals surface area contributed by atoms with Crippen molar-refractivity contribution < 1.29 is 9.72 Å². The van der Waals surface area contributed by atoms with Gasteiger partial charge >= 0.3 is 0 Å². The van der Waals surface area contributed by atoms with Crippen molar-refractivity contribution in [3.8, 4) is 0 Å². The van der Waals surface area contributed by atoms with Gasteiger partial charge in [-0.2, -0.15) is 0 Å². The second kappa shape index (κ2) is 11.6. The molecule has 1 saturated carbocycles. The van der Waals surface area contributed by atoms with Gasteiger partial charge in [-0.1, -0.05) is 12.1 Å². The van der Waals surface area contributed by atoms with E-state index in [1.165, 1.54) is 0 Å². The van der Waals surface area contributed by atoms with Gasteiger partial charge in [0.05, 0.1) is 11.5 Å². The van der Waals surface area contributed by atoms with Crippen molar-refractivity contribution in [3.05, 3.63) is 39.9 Å². The second-order valence-electron chi connectivity index (χ2n) is 8.22. The number of hydrogen-bond acceptors (Lipinski definition) is 5. The molecule has 1 amide bonds. The Labute approximate surface area is 184 Å². The third-order valence-corrected chi connectivity index (χ3v) is 5.60. The molecular formula is C22H34N6O3. The van der Waals surface area contributed by atoms with Crippen molar-refractivity contribution in [2.75, 3.05) is 45.8 Å². The Morgan fingerprint density at radius 2 is 1.87 bits per heavy atom. The van der Waals surface area contributed by atoms with Crippen molar-refractivity contribution in [2.24, 2.45) is 4.99 Å². The number of aryl methyl sites for hydroxylation is 1. The zero-order chi connectivity index (χ0) is 22.1. The van der Waals surface area contributed by atoms with Gasteiger partial charge in [-0.3, -0.25) is 24.8 Å². The first kappa shape index (κ1) is 23.0. The summed E-state index contributed by atoms with van der Waals surface area (Å²) in [5, 5.41) is 17.2. The van der Waals surface area contributed by atoms with Crippen molar-refractivity contribution >= 4 is 17.6 Å². The molecule has 1 saturated heterocycles. The number of nitrogens with one attached hydrogen (secondary N) is 2. The summed E-state index contributed by atoms with van der Waals surface area (Å²) < 4.78 is 0. The van der Waals surface area contributed by atoms with Gasteiger partial charge in [-0.25, -0.2) is 0 Å². The highest BCUT2D eigenvalue weighted by Gasteiger charge is 2.25. The molecular weight excluding hydrogens is 396 g/mol. The van der Waals surface area contributed by atoms with Crippen LogP contribution in [0.25, 0.3) is 0 Å². The quantitative estimate of drug-likeness (QED) is 0.193. The molecule has 0 bridgehead atoms. The standard InChI is InChI=1S/C22H34N6O3/c1-2-23-22(24-12-4-3-5-18-6-10-20(11-7-18)28(30)31)27-15-13-26(14-16-27)17-21(29)25-19-8-9-19/h6-7,10-11,19H,2-5,8-9,12-17H2,1H3,(H,23,24)(H,25,29). The molecule has 0 spiro atoms. The Morgan fingerprint density at radius 1 is 1.16 bits per heavy atom. The first-order valence-corrected chi connectivity index (χ1v) is 11.3. The summed E-state index contributed by atoms with van der Waals surface area (Å²) >= 11 is 0. The van der Waals surface area contributed by atoms with Crippen LogP contribution in [0.3, 0.4) is 0 Å². The number of nitro benzene ring substituents is 1. The molecule has 1 aliphatic carbocycles. The molecule has 2 N–H and O–H groups in total. The predicted molar refractivity (Wildman–Crippen MR) is 121 cm³/mol. The van der Waals surface area contributed by atoms with E-state index in [0.717, 1.165) is 82.9 Å². The SMILES string of the molecule is CCNC(=NCCCCc1ccc([N+](=O)[O-])cc1)N1CCN(CC(=O)NC2CC2)CC1. The van der Waals surface area contributed by atoms with Crippen LogP contribution < -0.4 is 10.6 Å². The maximum atomic E-state index is 12.0. The van der Waals surface area contributed by atoms with E-state index in [4.69, 9.17) is 4.99 Å². The fourth-order valence-electron chi connectivity index (χ4n) is 3.66. The lowest BCUT2D eigenvalue weighted by Crippen LogP contribution is -2.54. The monoisotopic (exact) mass is 430 g/mol. The molecule has 31 heavy (non-hydrogen) atoms. The molecule has 1 aromatic rings. The summed E-state index contributed by atoms with van der Waals surface area (Å²) in [5.41, 5.74) is 1.25. The number of nitrogens with zero attached hydrogens (tertiary/aromatic N) is 4. The molecule has 3 rings (SSSR count). The molecule has 1 heterocycles. The van der Waals surface area contributed by atoms with E-state index in [2.05, 4.69) is 27.4 Å². The second-order valence-corrected chi connectivity index (χ2v) is 8.22. The van der Waals surface area contributed by atoms with Crippen LogP contribution in [0.1, 0.15) is 38.2 Å². The highest BCUT2D eigenvalue weighted by Crippen LogP contribution is 2.18. The van der Waals surface area contributed by atoms with Gasteiger partial charge in [-0.05, 0) is 44.6 Å². The van der Waals surface area contributed by atoms with Crippen LogP contribution in [0.5, 0.6) is 0 Å². The summed E-state index contributed by atoms with van der Waals surface area (Å²) in [4.78, 5) is 31.6. The van der Waals surface area contributed by atoms with Crippen molar-refractivity contribution in [2.45, 2.75) is 45.1 Å². The molecule has 9 heteroatoms. The molecule has 0 atom stereocenters. The van der Waals surface area contributed by atoms with Crippen LogP contribution in [0.15, 0.2) is 29.3 Å². The molecule has 0 radical (unpaired) electrons. The zero-order valence-corrected chi connectivity index (χ0v) is 18.4. The predicted octanol–water partition coefficient (Wildman–Crippen LogP) is 1.78. The van der Waals surface area contributed by atoms with Crippen LogP contribution in [0, 0.1) is 10.1 Å². The number of benzene rings is 1. The van der Waals surface area contributed by atoms with Crippen LogP contribution in [0.2, 0.25) is 0 Å². The number of guanidine groups is 1. The molecule has 9 nitrogen and oxygen atoms in total. The Bertz CT molecular complexity index is 755. The average Bonchev–Trinajstić information content (AvgIpc) is 3.57. The van der Waals surface area contributed by atoms with E-state index >= 15 is 0 Å². The minimum atomic E-state index is -0.372. The number of hydrogen-bond donors (Lipinski definition) is 2. The normalized spacial score (nSPS) is 17.5. The molecule has 2 fully saturated rings. The number of unbranched alkanes of at least 4 members (excludes halogenated alkanes) is 1. The summed E-state index contributed by atoms with van der Waals surface area (Å²) in [7, 11) is 0. The van der Waals surface area contributed by atoms with Gasteiger partial charge in [0, 0.05) is 57.4 Å². The number of non-ortho nitro benzene ring substituents is 1. The van der Waals surface area contributed by atoms with E-state index in [1.54, 1.807) is 12.1 Å². The van der Waals surface area contributed by atoms with E-state index in [9.17, 15) is 14.9 Å². The lowest BCUT2D eigenvalue weighted by Gasteiger charge is -2.36. The third-order valence-electron chi connectivity index (χ3n) is 5.60. The first-order valence-electron chi connectivity index (χ1n) is 11.3. The Balaban J connectivity index is 1.37. The number of carbonyl (C=O) groups excluding carboxylic acids is 1. The fraction of sp³-hybridized carbons (Fsp3) is 0.636. The first-order chi connectivity index (χ1) is 15.0. The Kier molecular flexibility index (Phi) is 8.63. The lowest BCUT2D eigenvalue weighted by atomic mass is 10.1. The van der Waals surface area contributed by atoms with Crippen LogP contribution in [0.4, 0.5) is 5.69 Å². The number of amides is 1. The van der Waals surface area contributed by atoms with E-state index in [-0.39, 0.29) is 16.5 Å². The van der Waals surface area contributed by atoms with Crippen molar-refractivity contribution in [1.29, 1.82) is 0 Å². The van der Waals surface area contributed by atoms with Gasteiger partial charge in [0.1, 0.15) is 0 Å². The molecule has 1 aromatic carbocycles. The van der Waals surface area contributed by atoms with Crippen LogP contribution in [-0.4, -0.2) is 78.4 Å². The number of rotatable bonds is 10. The van der Waals surface area contributed by atoms with Crippen molar-refractivity contribution in [3.63, 3.8) is 0 Å². The number of piperazine rings is 1. The van der Waals surface area contributed by atoms with E-state index in [0.29, 0.717) is 12.6 Å². The number of aliphatic imine (C=N–C) groups is 1. The molecule has 2 aliphatic rings. The molecule has 170 valence electrons.